The Labute approximate surface area is 131 Å². The molecule has 22 heavy (non-hydrogen) atoms. The maximum atomic E-state index is 12.5. The van der Waals surface area contributed by atoms with Crippen LogP contribution in [0.3, 0.4) is 0 Å². The maximum Gasteiger partial charge on any atom is 0.250 e. The molecular weight excluding hydrogens is 304 g/mol. The van der Waals surface area contributed by atoms with Gasteiger partial charge in [0.1, 0.15) is 6.10 Å². The lowest BCUT2D eigenvalue weighted by molar-refractivity contribution is -0.131. The summed E-state index contributed by atoms with van der Waals surface area (Å²) in [6.45, 7) is 2.06. The quantitative estimate of drug-likeness (QED) is 0.767. The Morgan fingerprint density at radius 3 is 2.50 bits per heavy atom. The van der Waals surface area contributed by atoms with Crippen molar-refractivity contribution in [3.8, 4) is 0 Å². The van der Waals surface area contributed by atoms with Gasteiger partial charge in [-0.25, -0.2) is 8.42 Å². The molecule has 1 aliphatic carbocycles. The summed E-state index contributed by atoms with van der Waals surface area (Å²) in [7, 11) is -2.38. The van der Waals surface area contributed by atoms with Gasteiger partial charge in [-0.1, -0.05) is 18.2 Å². The highest BCUT2D eigenvalue weighted by molar-refractivity contribution is 7.89. The lowest BCUT2D eigenvalue weighted by atomic mass is 10.2. The standard InChI is InChI=1S/C15H22N2O4S/c1-11(14(18)15(19)16-10-12-8-9-12)17(2)22(20,21)13-6-4-3-5-7-13/h3-7,11-12,14,18H,8-10H2,1-2H3,(H,16,19). The summed E-state index contributed by atoms with van der Waals surface area (Å²) in [6, 6.07) is 7.09. The molecule has 2 atom stereocenters. The molecule has 1 aliphatic rings. The van der Waals surface area contributed by atoms with Crippen molar-refractivity contribution in [3.63, 3.8) is 0 Å². The lowest BCUT2D eigenvalue weighted by Crippen LogP contribution is -2.50. The monoisotopic (exact) mass is 326 g/mol. The third-order valence-corrected chi connectivity index (χ3v) is 5.94. The van der Waals surface area contributed by atoms with Gasteiger partial charge in [0.05, 0.1) is 10.9 Å². The Hall–Kier alpha value is -1.44. The molecule has 1 saturated carbocycles. The van der Waals surface area contributed by atoms with Crippen molar-refractivity contribution in [2.24, 2.45) is 5.92 Å². The van der Waals surface area contributed by atoms with E-state index in [1.807, 2.05) is 0 Å². The van der Waals surface area contributed by atoms with E-state index in [4.69, 9.17) is 0 Å². The van der Waals surface area contributed by atoms with Gasteiger partial charge in [0, 0.05) is 13.6 Å². The van der Waals surface area contributed by atoms with Crippen molar-refractivity contribution in [3.05, 3.63) is 30.3 Å². The molecule has 0 bridgehead atoms. The molecule has 2 unspecified atom stereocenters. The van der Waals surface area contributed by atoms with Crippen LogP contribution in [0.25, 0.3) is 0 Å². The molecule has 1 aromatic rings. The summed E-state index contributed by atoms with van der Waals surface area (Å²) in [5.41, 5.74) is 0. The van der Waals surface area contributed by atoms with E-state index in [-0.39, 0.29) is 4.90 Å². The summed E-state index contributed by atoms with van der Waals surface area (Å²) in [5, 5.41) is 12.7. The highest BCUT2D eigenvalue weighted by Crippen LogP contribution is 2.27. The lowest BCUT2D eigenvalue weighted by Gasteiger charge is -2.27. The number of carbonyl (C=O) groups excluding carboxylic acids is 1. The van der Waals surface area contributed by atoms with E-state index in [2.05, 4.69) is 5.32 Å². The number of aliphatic hydroxyl groups is 1. The minimum absolute atomic E-state index is 0.134. The highest BCUT2D eigenvalue weighted by atomic mass is 32.2. The van der Waals surface area contributed by atoms with Crippen LogP contribution in [0.15, 0.2) is 35.2 Å². The SMILES string of the molecule is CC(C(O)C(=O)NCC1CC1)N(C)S(=O)(=O)c1ccccc1. The summed E-state index contributed by atoms with van der Waals surface area (Å²) in [5.74, 6) is -0.0354. The van der Waals surface area contributed by atoms with Gasteiger partial charge < -0.3 is 10.4 Å². The Morgan fingerprint density at radius 1 is 1.36 bits per heavy atom. The van der Waals surface area contributed by atoms with E-state index in [0.29, 0.717) is 12.5 Å². The van der Waals surface area contributed by atoms with Crippen LogP contribution in [-0.2, 0) is 14.8 Å². The molecule has 0 heterocycles. The number of likely N-dealkylation sites (N-methyl/N-ethyl adjacent to an activating group) is 1. The number of nitrogens with one attached hydrogen (secondary N) is 1. The number of hydrogen-bond acceptors (Lipinski definition) is 4. The van der Waals surface area contributed by atoms with Crippen LogP contribution < -0.4 is 5.32 Å². The second-order valence-electron chi connectivity index (χ2n) is 5.71. The van der Waals surface area contributed by atoms with Gasteiger partial charge >= 0.3 is 0 Å². The zero-order valence-electron chi connectivity index (χ0n) is 12.8. The minimum Gasteiger partial charge on any atom is -0.382 e. The normalized spacial score (nSPS) is 18.0. The molecule has 6 nitrogen and oxygen atoms in total. The first-order valence-electron chi connectivity index (χ1n) is 7.33. The van der Waals surface area contributed by atoms with E-state index >= 15 is 0 Å². The average molecular weight is 326 g/mol. The van der Waals surface area contributed by atoms with E-state index in [9.17, 15) is 18.3 Å². The van der Waals surface area contributed by atoms with Crippen molar-refractivity contribution in [1.82, 2.24) is 9.62 Å². The molecule has 7 heteroatoms. The molecular formula is C15H22N2O4S. The third-order valence-electron chi connectivity index (χ3n) is 3.98. The van der Waals surface area contributed by atoms with Crippen LogP contribution in [0.1, 0.15) is 19.8 Å². The first-order chi connectivity index (χ1) is 10.3. The second-order valence-corrected chi connectivity index (χ2v) is 7.71. The van der Waals surface area contributed by atoms with E-state index in [0.717, 1.165) is 17.1 Å². The highest BCUT2D eigenvalue weighted by Gasteiger charge is 2.33. The maximum absolute atomic E-state index is 12.5. The fourth-order valence-electron chi connectivity index (χ4n) is 2.07. The average Bonchev–Trinajstić information content (AvgIpc) is 3.35. The van der Waals surface area contributed by atoms with Gasteiger partial charge in [-0.05, 0) is 37.8 Å². The Bertz CT molecular complexity index is 614. The zero-order valence-corrected chi connectivity index (χ0v) is 13.6. The number of nitrogens with zero attached hydrogens (tertiary/aromatic N) is 1. The van der Waals surface area contributed by atoms with Crippen molar-refractivity contribution in [2.75, 3.05) is 13.6 Å². The van der Waals surface area contributed by atoms with Crippen molar-refractivity contribution in [1.29, 1.82) is 0 Å². The van der Waals surface area contributed by atoms with Crippen LogP contribution in [0, 0.1) is 5.92 Å². The molecule has 0 saturated heterocycles. The molecule has 1 amide bonds. The Kier molecular flexibility index (Phi) is 5.20. The van der Waals surface area contributed by atoms with Gasteiger partial charge in [-0.2, -0.15) is 4.31 Å². The number of aliphatic hydroxyl groups excluding tert-OH is 1. The van der Waals surface area contributed by atoms with Gasteiger partial charge in [-0.3, -0.25) is 4.79 Å². The van der Waals surface area contributed by atoms with E-state index in [1.54, 1.807) is 18.2 Å². The summed E-state index contributed by atoms with van der Waals surface area (Å²) >= 11 is 0. The topological polar surface area (TPSA) is 86.7 Å². The van der Waals surface area contributed by atoms with Gasteiger partial charge in [0.2, 0.25) is 10.0 Å². The molecule has 2 rings (SSSR count). The number of rotatable bonds is 7. The number of carbonyl (C=O) groups is 1. The molecule has 1 aromatic carbocycles. The fourth-order valence-corrected chi connectivity index (χ4v) is 3.45. The third kappa shape index (κ3) is 3.85. The second kappa shape index (κ2) is 6.76. The summed E-state index contributed by atoms with van der Waals surface area (Å²) in [6.07, 6.45) is 0.782. The number of hydrogen-bond donors (Lipinski definition) is 2. The van der Waals surface area contributed by atoms with E-state index in [1.165, 1.54) is 26.1 Å². The van der Waals surface area contributed by atoms with Gasteiger partial charge in [0.25, 0.3) is 5.91 Å². The van der Waals surface area contributed by atoms with Gasteiger partial charge in [-0.15, -0.1) is 0 Å². The number of sulfonamides is 1. The predicted molar refractivity (Wildman–Crippen MR) is 82.6 cm³/mol. The summed E-state index contributed by atoms with van der Waals surface area (Å²) < 4.78 is 26.0. The van der Waals surface area contributed by atoms with Crippen LogP contribution in [0.2, 0.25) is 0 Å². The fraction of sp³-hybridized carbons (Fsp3) is 0.533. The molecule has 0 aliphatic heterocycles. The smallest absolute Gasteiger partial charge is 0.250 e. The Morgan fingerprint density at radius 2 is 1.95 bits per heavy atom. The van der Waals surface area contributed by atoms with Crippen molar-refractivity contribution in [2.45, 2.75) is 36.8 Å². The molecule has 2 N–H and O–H groups in total. The number of amides is 1. The zero-order chi connectivity index (χ0) is 16.3. The summed E-state index contributed by atoms with van der Waals surface area (Å²) in [4.78, 5) is 12.0. The van der Waals surface area contributed by atoms with Crippen LogP contribution in [0.4, 0.5) is 0 Å². The first-order valence-corrected chi connectivity index (χ1v) is 8.77. The molecule has 0 spiro atoms. The minimum atomic E-state index is -3.74. The predicted octanol–water partition coefficient (Wildman–Crippen LogP) is 0.583. The molecule has 1 fully saturated rings. The van der Waals surface area contributed by atoms with E-state index < -0.39 is 28.1 Å². The molecule has 0 aromatic heterocycles. The first kappa shape index (κ1) is 16.9. The van der Waals surface area contributed by atoms with Crippen LogP contribution >= 0.6 is 0 Å². The molecule has 0 radical (unpaired) electrons. The number of benzene rings is 1. The van der Waals surface area contributed by atoms with Crippen LogP contribution in [-0.4, -0.2) is 49.5 Å². The van der Waals surface area contributed by atoms with Crippen molar-refractivity contribution < 1.29 is 18.3 Å². The molecule has 122 valence electrons. The Balaban J connectivity index is 2.03. The van der Waals surface area contributed by atoms with Crippen molar-refractivity contribution >= 4 is 15.9 Å². The van der Waals surface area contributed by atoms with Gasteiger partial charge in [0.15, 0.2) is 0 Å². The van der Waals surface area contributed by atoms with Crippen LogP contribution in [0.5, 0.6) is 0 Å². The largest absolute Gasteiger partial charge is 0.382 e.